The smallest absolute Gasteiger partial charge is 0.315 e. The van der Waals surface area contributed by atoms with Crippen molar-refractivity contribution >= 4 is 11.9 Å². The number of amides is 3. The Kier molecular flexibility index (Phi) is 8.11. The first kappa shape index (κ1) is 19.0. The van der Waals surface area contributed by atoms with Gasteiger partial charge >= 0.3 is 6.03 Å². The number of benzene rings is 1. The van der Waals surface area contributed by atoms with Crippen LogP contribution in [0.5, 0.6) is 0 Å². The van der Waals surface area contributed by atoms with Crippen LogP contribution in [0, 0.1) is 12.8 Å². The standard InChI is InChI=1S/C17H28N4O2/c1-12(2)10-15(16(22)19-9-8-18)21-17(23)20-11-14-6-4-13(3)5-7-14/h4-7,12,15H,8-11,18H2,1-3H3,(H,19,22)(H2,20,21,23). The maximum absolute atomic E-state index is 12.1. The zero-order valence-corrected chi connectivity index (χ0v) is 14.2. The van der Waals surface area contributed by atoms with Crippen molar-refractivity contribution in [2.45, 2.75) is 39.8 Å². The molecule has 0 aromatic heterocycles. The van der Waals surface area contributed by atoms with Gasteiger partial charge in [0.05, 0.1) is 0 Å². The summed E-state index contributed by atoms with van der Waals surface area (Å²) in [4.78, 5) is 24.1. The van der Waals surface area contributed by atoms with Crippen LogP contribution in [0.1, 0.15) is 31.4 Å². The average molecular weight is 320 g/mol. The second-order valence-corrected chi connectivity index (χ2v) is 6.07. The highest BCUT2D eigenvalue weighted by Crippen LogP contribution is 2.05. The maximum Gasteiger partial charge on any atom is 0.315 e. The zero-order chi connectivity index (χ0) is 17.2. The lowest BCUT2D eigenvalue weighted by molar-refractivity contribution is -0.123. The summed E-state index contributed by atoms with van der Waals surface area (Å²) in [6.45, 7) is 7.23. The minimum atomic E-state index is -0.556. The Balaban J connectivity index is 2.51. The molecule has 0 spiro atoms. The predicted molar refractivity (Wildman–Crippen MR) is 91.9 cm³/mol. The van der Waals surface area contributed by atoms with E-state index >= 15 is 0 Å². The molecule has 6 nitrogen and oxygen atoms in total. The largest absolute Gasteiger partial charge is 0.353 e. The molecule has 0 saturated carbocycles. The molecule has 1 unspecified atom stereocenters. The van der Waals surface area contributed by atoms with Crippen molar-refractivity contribution in [2.75, 3.05) is 13.1 Å². The summed E-state index contributed by atoms with van der Waals surface area (Å²) in [5.41, 5.74) is 7.57. The van der Waals surface area contributed by atoms with Gasteiger partial charge in [-0.3, -0.25) is 4.79 Å². The van der Waals surface area contributed by atoms with Crippen molar-refractivity contribution < 1.29 is 9.59 Å². The Hall–Kier alpha value is -2.08. The Morgan fingerprint density at radius 2 is 1.78 bits per heavy atom. The Morgan fingerprint density at radius 3 is 2.35 bits per heavy atom. The monoisotopic (exact) mass is 320 g/mol. The number of rotatable bonds is 8. The molecule has 6 heteroatoms. The van der Waals surface area contributed by atoms with Gasteiger partial charge in [0.25, 0.3) is 0 Å². The molecule has 0 heterocycles. The van der Waals surface area contributed by atoms with Gasteiger partial charge in [-0.25, -0.2) is 4.79 Å². The Bertz CT molecular complexity index is 500. The lowest BCUT2D eigenvalue weighted by Crippen LogP contribution is -2.51. The molecule has 5 N–H and O–H groups in total. The third kappa shape index (κ3) is 7.65. The van der Waals surface area contributed by atoms with Crippen molar-refractivity contribution in [1.82, 2.24) is 16.0 Å². The first-order valence-electron chi connectivity index (χ1n) is 8.00. The third-order valence-electron chi connectivity index (χ3n) is 3.35. The summed E-state index contributed by atoms with van der Waals surface area (Å²) in [5.74, 6) is 0.0932. The van der Waals surface area contributed by atoms with Gasteiger partial charge in [-0.15, -0.1) is 0 Å². The van der Waals surface area contributed by atoms with Crippen LogP contribution in [-0.4, -0.2) is 31.1 Å². The van der Waals surface area contributed by atoms with Gasteiger partial charge in [-0.2, -0.15) is 0 Å². The first-order chi connectivity index (χ1) is 10.9. The number of nitrogens with one attached hydrogen (secondary N) is 3. The maximum atomic E-state index is 12.1. The molecule has 1 atom stereocenters. The molecule has 0 bridgehead atoms. The molecule has 0 aliphatic carbocycles. The molecule has 0 fully saturated rings. The average Bonchev–Trinajstić information content (AvgIpc) is 2.51. The van der Waals surface area contributed by atoms with E-state index in [4.69, 9.17) is 5.73 Å². The second-order valence-electron chi connectivity index (χ2n) is 6.07. The van der Waals surface area contributed by atoms with Gasteiger partial charge < -0.3 is 21.7 Å². The van der Waals surface area contributed by atoms with E-state index in [1.54, 1.807) is 0 Å². The number of nitrogens with two attached hydrogens (primary N) is 1. The van der Waals surface area contributed by atoms with E-state index in [0.29, 0.717) is 32.0 Å². The minimum absolute atomic E-state index is 0.199. The van der Waals surface area contributed by atoms with E-state index in [0.717, 1.165) is 5.56 Å². The van der Waals surface area contributed by atoms with Crippen molar-refractivity contribution in [1.29, 1.82) is 0 Å². The van der Waals surface area contributed by atoms with Crippen LogP contribution < -0.4 is 21.7 Å². The third-order valence-corrected chi connectivity index (χ3v) is 3.35. The number of hydrogen-bond acceptors (Lipinski definition) is 3. The fraction of sp³-hybridized carbons (Fsp3) is 0.529. The van der Waals surface area contributed by atoms with Crippen LogP contribution in [0.25, 0.3) is 0 Å². The van der Waals surface area contributed by atoms with Crippen LogP contribution in [0.3, 0.4) is 0 Å². The van der Waals surface area contributed by atoms with Crippen LogP contribution in [-0.2, 0) is 11.3 Å². The highest BCUT2D eigenvalue weighted by Gasteiger charge is 2.21. The van der Waals surface area contributed by atoms with Gasteiger partial charge in [0, 0.05) is 19.6 Å². The summed E-state index contributed by atoms with van der Waals surface area (Å²) in [7, 11) is 0. The molecule has 128 valence electrons. The van der Waals surface area contributed by atoms with E-state index in [1.165, 1.54) is 5.56 Å². The summed E-state index contributed by atoms with van der Waals surface area (Å²) >= 11 is 0. The van der Waals surface area contributed by atoms with E-state index in [-0.39, 0.29) is 11.9 Å². The highest BCUT2D eigenvalue weighted by molar-refractivity contribution is 5.87. The van der Waals surface area contributed by atoms with Crippen LogP contribution in [0.2, 0.25) is 0 Å². The van der Waals surface area contributed by atoms with Crippen LogP contribution in [0.15, 0.2) is 24.3 Å². The zero-order valence-electron chi connectivity index (χ0n) is 14.2. The molecular formula is C17H28N4O2. The molecular weight excluding hydrogens is 292 g/mol. The summed E-state index contributed by atoms with van der Waals surface area (Å²) in [6, 6.07) is 7.02. The summed E-state index contributed by atoms with van der Waals surface area (Å²) in [5, 5.41) is 8.23. The molecule has 3 amide bonds. The van der Waals surface area contributed by atoms with Crippen molar-refractivity contribution in [3.63, 3.8) is 0 Å². The fourth-order valence-corrected chi connectivity index (χ4v) is 2.12. The van der Waals surface area contributed by atoms with E-state index in [2.05, 4.69) is 16.0 Å². The van der Waals surface area contributed by atoms with E-state index in [1.807, 2.05) is 45.0 Å². The molecule has 0 aliphatic rings. The molecule has 1 aromatic carbocycles. The number of aryl methyl sites for hydroxylation is 1. The molecule has 23 heavy (non-hydrogen) atoms. The van der Waals surface area contributed by atoms with E-state index < -0.39 is 6.04 Å². The van der Waals surface area contributed by atoms with Crippen molar-refractivity contribution in [3.05, 3.63) is 35.4 Å². The predicted octanol–water partition coefficient (Wildman–Crippen LogP) is 1.28. The Morgan fingerprint density at radius 1 is 1.13 bits per heavy atom. The van der Waals surface area contributed by atoms with Crippen molar-refractivity contribution in [2.24, 2.45) is 11.7 Å². The first-order valence-corrected chi connectivity index (χ1v) is 8.00. The van der Waals surface area contributed by atoms with Gasteiger partial charge in [0.1, 0.15) is 6.04 Å². The molecule has 0 saturated heterocycles. The minimum Gasteiger partial charge on any atom is -0.353 e. The SMILES string of the molecule is Cc1ccc(CNC(=O)NC(CC(C)C)C(=O)NCCN)cc1. The lowest BCUT2D eigenvalue weighted by Gasteiger charge is -2.20. The van der Waals surface area contributed by atoms with Crippen LogP contribution >= 0.6 is 0 Å². The van der Waals surface area contributed by atoms with Crippen LogP contribution in [0.4, 0.5) is 4.79 Å². The highest BCUT2D eigenvalue weighted by atomic mass is 16.2. The topological polar surface area (TPSA) is 96.2 Å². The number of urea groups is 1. The molecule has 0 aliphatic heterocycles. The lowest BCUT2D eigenvalue weighted by atomic mass is 10.0. The summed E-state index contributed by atoms with van der Waals surface area (Å²) < 4.78 is 0. The van der Waals surface area contributed by atoms with Gasteiger partial charge in [-0.05, 0) is 24.8 Å². The second kappa shape index (κ2) is 9.84. The normalized spacial score (nSPS) is 11.9. The Labute approximate surface area is 138 Å². The van der Waals surface area contributed by atoms with Gasteiger partial charge in [0.2, 0.25) is 5.91 Å². The molecule has 1 aromatic rings. The van der Waals surface area contributed by atoms with Gasteiger partial charge in [-0.1, -0.05) is 43.7 Å². The quantitative estimate of drug-likeness (QED) is 0.581. The van der Waals surface area contributed by atoms with Crippen molar-refractivity contribution in [3.8, 4) is 0 Å². The van der Waals surface area contributed by atoms with Gasteiger partial charge in [0.15, 0.2) is 0 Å². The molecule has 1 rings (SSSR count). The fourth-order valence-electron chi connectivity index (χ4n) is 2.12. The number of hydrogen-bond donors (Lipinski definition) is 4. The summed E-state index contributed by atoms with van der Waals surface area (Å²) in [6.07, 6.45) is 0.578. The molecule has 0 radical (unpaired) electrons. The number of carbonyl (C=O) groups excluding carboxylic acids is 2. The number of carbonyl (C=O) groups is 2. The van der Waals surface area contributed by atoms with E-state index in [9.17, 15) is 9.59 Å².